The van der Waals surface area contributed by atoms with Gasteiger partial charge >= 0.3 is 0 Å². The molecule has 0 amide bonds. The van der Waals surface area contributed by atoms with E-state index in [9.17, 15) is 0 Å². The highest BCUT2D eigenvalue weighted by atomic mass is 16.5. The van der Waals surface area contributed by atoms with Gasteiger partial charge in [0.15, 0.2) is 5.96 Å². The first-order valence-corrected chi connectivity index (χ1v) is 9.01. The second-order valence-electron chi connectivity index (χ2n) is 5.70. The monoisotopic (exact) mass is 359 g/mol. The molecule has 0 fully saturated rings. The van der Waals surface area contributed by atoms with Gasteiger partial charge in [0.1, 0.15) is 0 Å². The van der Waals surface area contributed by atoms with E-state index in [0.717, 1.165) is 36.7 Å². The minimum Gasteiger partial charge on any atom is -0.382 e. The molecular weight excluding hydrogens is 330 g/mol. The van der Waals surface area contributed by atoms with Crippen LogP contribution >= 0.6 is 0 Å². The standard InChI is InChI=1S/C19H29N5O2/c1-3-20-19(21-10-5-13-26-15-14-25-2)22-16-17-6-8-18(9-7-17)24-12-4-11-23-24/h4,6-9,11-12H,3,5,10,13-16H2,1-2H3,(H2,20,21,22). The van der Waals surface area contributed by atoms with Crippen LogP contribution in [0.5, 0.6) is 0 Å². The van der Waals surface area contributed by atoms with Gasteiger partial charge in [0, 0.05) is 39.2 Å². The Kier molecular flexibility index (Phi) is 9.24. The number of rotatable bonds is 11. The number of methoxy groups -OCH3 is 1. The number of nitrogens with zero attached hydrogens (tertiary/aromatic N) is 3. The molecule has 2 rings (SSSR count). The largest absolute Gasteiger partial charge is 0.382 e. The molecule has 0 atom stereocenters. The Bertz CT molecular complexity index is 626. The van der Waals surface area contributed by atoms with Crippen molar-refractivity contribution in [3.63, 3.8) is 0 Å². The maximum Gasteiger partial charge on any atom is 0.191 e. The average molecular weight is 359 g/mol. The Labute approximate surface area is 155 Å². The second kappa shape index (κ2) is 12.1. The third kappa shape index (κ3) is 7.25. The maximum absolute atomic E-state index is 5.45. The molecule has 0 saturated carbocycles. The normalized spacial score (nSPS) is 11.5. The number of aromatic nitrogens is 2. The lowest BCUT2D eigenvalue weighted by atomic mass is 10.2. The molecule has 0 spiro atoms. The van der Waals surface area contributed by atoms with Gasteiger partial charge in [0.2, 0.25) is 0 Å². The molecule has 1 heterocycles. The molecule has 7 nitrogen and oxygen atoms in total. The molecular formula is C19H29N5O2. The fourth-order valence-corrected chi connectivity index (χ4v) is 2.31. The van der Waals surface area contributed by atoms with Crippen molar-refractivity contribution in [1.82, 2.24) is 20.4 Å². The van der Waals surface area contributed by atoms with Gasteiger partial charge in [-0.25, -0.2) is 9.67 Å². The van der Waals surface area contributed by atoms with Crippen molar-refractivity contribution < 1.29 is 9.47 Å². The van der Waals surface area contributed by atoms with Gasteiger partial charge in [-0.05, 0) is 37.1 Å². The first-order chi connectivity index (χ1) is 12.8. The summed E-state index contributed by atoms with van der Waals surface area (Å²) in [5, 5.41) is 10.8. The van der Waals surface area contributed by atoms with Gasteiger partial charge in [-0.3, -0.25) is 0 Å². The summed E-state index contributed by atoms with van der Waals surface area (Å²) < 4.78 is 12.2. The van der Waals surface area contributed by atoms with Crippen LogP contribution in [0.15, 0.2) is 47.7 Å². The number of ether oxygens (including phenoxy) is 2. The minimum absolute atomic E-state index is 0.624. The third-order valence-corrected chi connectivity index (χ3v) is 3.66. The zero-order valence-electron chi connectivity index (χ0n) is 15.6. The number of hydrogen-bond donors (Lipinski definition) is 2. The van der Waals surface area contributed by atoms with Gasteiger partial charge in [0.05, 0.1) is 25.4 Å². The van der Waals surface area contributed by atoms with Crippen molar-refractivity contribution in [2.45, 2.75) is 19.9 Å². The van der Waals surface area contributed by atoms with Gasteiger partial charge < -0.3 is 20.1 Å². The van der Waals surface area contributed by atoms with Gasteiger partial charge in [0.25, 0.3) is 0 Å². The highest BCUT2D eigenvalue weighted by Gasteiger charge is 1.99. The number of hydrogen-bond acceptors (Lipinski definition) is 4. The van der Waals surface area contributed by atoms with E-state index in [0.29, 0.717) is 26.4 Å². The number of guanidine groups is 1. The van der Waals surface area contributed by atoms with Crippen molar-refractivity contribution in [3.05, 3.63) is 48.3 Å². The van der Waals surface area contributed by atoms with Crippen LogP contribution < -0.4 is 10.6 Å². The van der Waals surface area contributed by atoms with Crippen molar-refractivity contribution in [2.24, 2.45) is 4.99 Å². The molecule has 7 heteroatoms. The average Bonchev–Trinajstić information content (AvgIpc) is 3.20. The smallest absolute Gasteiger partial charge is 0.191 e. The summed E-state index contributed by atoms with van der Waals surface area (Å²) in [6, 6.07) is 10.2. The number of benzene rings is 1. The van der Waals surface area contributed by atoms with Crippen LogP contribution in [0.25, 0.3) is 5.69 Å². The Balaban J connectivity index is 1.76. The second-order valence-corrected chi connectivity index (χ2v) is 5.70. The van der Waals surface area contributed by atoms with E-state index in [1.807, 2.05) is 16.9 Å². The quantitative estimate of drug-likeness (QED) is 0.365. The van der Waals surface area contributed by atoms with Crippen LogP contribution in [0.3, 0.4) is 0 Å². The summed E-state index contributed by atoms with van der Waals surface area (Å²) in [6.07, 6.45) is 4.63. The fourth-order valence-electron chi connectivity index (χ4n) is 2.31. The SMILES string of the molecule is CCNC(=NCc1ccc(-n2cccn2)cc1)NCCCOCCOC. The molecule has 0 saturated heterocycles. The molecule has 0 aliphatic carbocycles. The van der Waals surface area contributed by atoms with Crippen LogP contribution in [0, 0.1) is 0 Å². The lowest BCUT2D eigenvalue weighted by Crippen LogP contribution is -2.38. The Morgan fingerprint density at radius 3 is 2.69 bits per heavy atom. The van der Waals surface area contributed by atoms with E-state index < -0.39 is 0 Å². The van der Waals surface area contributed by atoms with E-state index in [4.69, 9.17) is 9.47 Å². The van der Waals surface area contributed by atoms with Gasteiger partial charge in [-0.1, -0.05) is 12.1 Å². The van der Waals surface area contributed by atoms with Crippen LogP contribution in [0.2, 0.25) is 0 Å². The zero-order chi connectivity index (χ0) is 18.5. The fraction of sp³-hybridized carbons (Fsp3) is 0.474. The predicted octanol–water partition coefficient (Wildman–Crippen LogP) is 1.98. The molecule has 0 radical (unpaired) electrons. The van der Waals surface area contributed by atoms with Crippen molar-refractivity contribution in [1.29, 1.82) is 0 Å². The number of nitrogens with one attached hydrogen (secondary N) is 2. The summed E-state index contributed by atoms with van der Waals surface area (Å²) in [7, 11) is 1.68. The lowest BCUT2D eigenvalue weighted by molar-refractivity contribution is 0.0698. The topological polar surface area (TPSA) is 72.7 Å². The summed E-state index contributed by atoms with van der Waals surface area (Å²) in [5.74, 6) is 0.820. The molecule has 0 aliphatic rings. The molecule has 0 aliphatic heterocycles. The van der Waals surface area contributed by atoms with Gasteiger partial charge in [-0.15, -0.1) is 0 Å². The van der Waals surface area contributed by atoms with E-state index >= 15 is 0 Å². The number of aliphatic imine (C=N–C) groups is 1. The van der Waals surface area contributed by atoms with Gasteiger partial charge in [-0.2, -0.15) is 5.10 Å². The predicted molar refractivity (Wildman–Crippen MR) is 104 cm³/mol. The molecule has 2 aromatic rings. The molecule has 0 bridgehead atoms. The van der Waals surface area contributed by atoms with E-state index in [1.165, 1.54) is 0 Å². The summed E-state index contributed by atoms with van der Waals surface area (Å²) in [5.41, 5.74) is 2.20. The van der Waals surface area contributed by atoms with Crippen LogP contribution in [0.4, 0.5) is 0 Å². The highest BCUT2D eigenvalue weighted by molar-refractivity contribution is 5.79. The Hall–Kier alpha value is -2.38. The third-order valence-electron chi connectivity index (χ3n) is 3.66. The maximum atomic E-state index is 5.45. The molecule has 1 aromatic carbocycles. The lowest BCUT2D eigenvalue weighted by Gasteiger charge is -2.11. The van der Waals surface area contributed by atoms with Crippen LogP contribution in [-0.4, -0.2) is 55.8 Å². The van der Waals surface area contributed by atoms with Crippen molar-refractivity contribution >= 4 is 5.96 Å². The first-order valence-electron chi connectivity index (χ1n) is 9.01. The van der Waals surface area contributed by atoms with Crippen LogP contribution in [0.1, 0.15) is 18.9 Å². The molecule has 2 N–H and O–H groups in total. The van der Waals surface area contributed by atoms with E-state index in [1.54, 1.807) is 13.3 Å². The van der Waals surface area contributed by atoms with Crippen LogP contribution in [-0.2, 0) is 16.0 Å². The minimum atomic E-state index is 0.624. The molecule has 1 aromatic heterocycles. The van der Waals surface area contributed by atoms with E-state index in [-0.39, 0.29) is 0 Å². The summed E-state index contributed by atoms with van der Waals surface area (Å²) in [4.78, 5) is 4.63. The van der Waals surface area contributed by atoms with Crippen molar-refractivity contribution in [3.8, 4) is 5.69 Å². The highest BCUT2D eigenvalue weighted by Crippen LogP contribution is 2.09. The van der Waals surface area contributed by atoms with Crippen molar-refractivity contribution in [2.75, 3.05) is 40.0 Å². The molecule has 142 valence electrons. The Morgan fingerprint density at radius 1 is 1.15 bits per heavy atom. The summed E-state index contributed by atoms with van der Waals surface area (Å²) in [6.45, 7) is 6.31. The summed E-state index contributed by atoms with van der Waals surface area (Å²) >= 11 is 0. The molecule has 26 heavy (non-hydrogen) atoms. The first kappa shape index (κ1) is 19.9. The van der Waals surface area contributed by atoms with E-state index in [2.05, 4.69) is 51.9 Å². The molecule has 0 unspecified atom stereocenters. The zero-order valence-corrected chi connectivity index (χ0v) is 15.6. The Morgan fingerprint density at radius 2 is 2.00 bits per heavy atom.